The van der Waals surface area contributed by atoms with E-state index in [1.807, 2.05) is 12.1 Å². The van der Waals surface area contributed by atoms with E-state index in [0.29, 0.717) is 11.5 Å². The summed E-state index contributed by atoms with van der Waals surface area (Å²) in [6.45, 7) is -0.781. The number of ether oxygens (including phenoxy) is 4. The number of esters is 1. The summed E-state index contributed by atoms with van der Waals surface area (Å²) >= 11 is 0. The van der Waals surface area contributed by atoms with Gasteiger partial charge in [0, 0.05) is 5.56 Å². The second-order valence-electron chi connectivity index (χ2n) is 7.92. The third kappa shape index (κ3) is 6.25. The number of carbonyl (C=O) groups is 3. The Morgan fingerprint density at radius 2 is 1.48 bits per heavy atom. The van der Waals surface area contributed by atoms with Gasteiger partial charge in [-0.3, -0.25) is 9.59 Å². The third-order valence-corrected chi connectivity index (χ3v) is 5.70. The van der Waals surface area contributed by atoms with Crippen LogP contribution in [0.15, 0.2) is 36.4 Å². The summed E-state index contributed by atoms with van der Waals surface area (Å²) in [5.41, 5.74) is 6.96. The van der Waals surface area contributed by atoms with Gasteiger partial charge in [0.1, 0.15) is 0 Å². The fourth-order valence-corrected chi connectivity index (χ4v) is 3.96. The first-order chi connectivity index (χ1) is 15.9. The van der Waals surface area contributed by atoms with Gasteiger partial charge in [-0.2, -0.15) is 0 Å². The maximum absolute atomic E-state index is 12.6. The average Bonchev–Trinajstić information content (AvgIpc) is 2.85. The summed E-state index contributed by atoms with van der Waals surface area (Å²) in [4.78, 5) is 36.1. The lowest BCUT2D eigenvalue weighted by molar-refractivity contribution is -0.120. The molecule has 2 aromatic rings. The number of amides is 1. The van der Waals surface area contributed by atoms with Gasteiger partial charge in [0.2, 0.25) is 5.75 Å². The van der Waals surface area contributed by atoms with Crippen molar-refractivity contribution in [1.82, 2.24) is 0 Å². The van der Waals surface area contributed by atoms with Crippen LogP contribution in [0.2, 0.25) is 0 Å². The Bertz CT molecular complexity index is 969. The van der Waals surface area contributed by atoms with E-state index in [-0.39, 0.29) is 35.2 Å². The standard InChI is InChI=1S/C25H29NO7/c1-30-21-12-19(13-22(31-2)24(21)32-15-23(26)28)25(29)33-14-20(27)18-10-8-17(9-11-18)16-6-4-3-5-7-16/h8-13,16H,3-7,14-15H2,1-2H3,(H2,26,28). The molecule has 176 valence electrons. The van der Waals surface area contributed by atoms with E-state index < -0.39 is 18.5 Å². The molecule has 2 N–H and O–H groups in total. The number of carbonyl (C=O) groups excluding carboxylic acids is 3. The molecule has 3 rings (SSSR count). The van der Waals surface area contributed by atoms with Gasteiger partial charge in [-0.1, -0.05) is 43.5 Å². The molecule has 0 aliphatic heterocycles. The number of rotatable bonds is 10. The highest BCUT2D eigenvalue weighted by molar-refractivity contribution is 5.99. The van der Waals surface area contributed by atoms with Gasteiger partial charge in [-0.25, -0.2) is 4.79 Å². The number of benzene rings is 2. The maximum Gasteiger partial charge on any atom is 0.338 e. The Morgan fingerprint density at radius 3 is 2.03 bits per heavy atom. The first kappa shape index (κ1) is 24.1. The Kier molecular flexibility index (Phi) is 8.29. The summed E-state index contributed by atoms with van der Waals surface area (Å²) in [5.74, 6) is -0.684. The molecular formula is C25H29NO7. The van der Waals surface area contributed by atoms with Gasteiger partial charge in [-0.15, -0.1) is 0 Å². The molecule has 1 aliphatic rings. The fourth-order valence-electron chi connectivity index (χ4n) is 3.96. The monoisotopic (exact) mass is 455 g/mol. The van der Waals surface area contributed by atoms with E-state index in [1.54, 1.807) is 12.1 Å². The lowest BCUT2D eigenvalue weighted by Gasteiger charge is -2.22. The van der Waals surface area contributed by atoms with Gasteiger partial charge in [0.05, 0.1) is 19.8 Å². The molecule has 33 heavy (non-hydrogen) atoms. The molecule has 8 heteroatoms. The molecule has 0 heterocycles. The van der Waals surface area contributed by atoms with E-state index in [2.05, 4.69) is 0 Å². The van der Waals surface area contributed by atoms with E-state index in [9.17, 15) is 14.4 Å². The van der Waals surface area contributed by atoms with Crippen molar-refractivity contribution in [2.75, 3.05) is 27.4 Å². The highest BCUT2D eigenvalue weighted by Gasteiger charge is 2.21. The van der Waals surface area contributed by atoms with Crippen molar-refractivity contribution in [3.8, 4) is 17.2 Å². The lowest BCUT2D eigenvalue weighted by atomic mass is 9.84. The van der Waals surface area contributed by atoms with Crippen molar-refractivity contribution in [1.29, 1.82) is 0 Å². The first-order valence-corrected chi connectivity index (χ1v) is 10.9. The van der Waals surface area contributed by atoms with Crippen molar-refractivity contribution in [3.05, 3.63) is 53.1 Å². The molecule has 0 radical (unpaired) electrons. The number of nitrogens with two attached hydrogens (primary N) is 1. The summed E-state index contributed by atoms with van der Waals surface area (Å²) in [6, 6.07) is 10.3. The topological polar surface area (TPSA) is 114 Å². The van der Waals surface area contributed by atoms with Gasteiger partial charge in [-0.05, 0) is 36.5 Å². The zero-order valence-electron chi connectivity index (χ0n) is 18.9. The molecular weight excluding hydrogens is 426 g/mol. The highest BCUT2D eigenvalue weighted by Crippen LogP contribution is 2.38. The molecule has 2 aromatic carbocycles. The van der Waals surface area contributed by atoms with Crippen LogP contribution >= 0.6 is 0 Å². The van der Waals surface area contributed by atoms with Crippen molar-refractivity contribution in [2.24, 2.45) is 5.73 Å². The maximum atomic E-state index is 12.6. The Balaban J connectivity index is 1.64. The van der Waals surface area contributed by atoms with Gasteiger partial charge in [0.25, 0.3) is 5.91 Å². The number of methoxy groups -OCH3 is 2. The normalized spacial score (nSPS) is 13.8. The number of Topliss-reactive ketones (excluding diaryl/α,β-unsaturated/α-hetero) is 1. The largest absolute Gasteiger partial charge is 0.493 e. The summed E-state index contributed by atoms with van der Waals surface area (Å²) in [6.07, 6.45) is 6.15. The minimum atomic E-state index is -0.722. The first-order valence-electron chi connectivity index (χ1n) is 10.9. The summed E-state index contributed by atoms with van der Waals surface area (Å²) < 4.78 is 21.0. The van der Waals surface area contributed by atoms with Gasteiger partial charge < -0.3 is 24.7 Å². The molecule has 0 unspecified atom stereocenters. The molecule has 1 amide bonds. The van der Waals surface area contributed by atoms with E-state index in [4.69, 9.17) is 24.7 Å². The van der Waals surface area contributed by atoms with Crippen LogP contribution in [-0.4, -0.2) is 45.1 Å². The average molecular weight is 456 g/mol. The van der Waals surface area contributed by atoms with Gasteiger partial charge in [0.15, 0.2) is 30.5 Å². The smallest absolute Gasteiger partial charge is 0.338 e. The van der Waals surface area contributed by atoms with Crippen LogP contribution in [0, 0.1) is 0 Å². The van der Waals surface area contributed by atoms with Crippen LogP contribution < -0.4 is 19.9 Å². The quantitative estimate of drug-likeness (QED) is 0.429. The molecule has 1 fully saturated rings. The van der Waals surface area contributed by atoms with E-state index >= 15 is 0 Å². The van der Waals surface area contributed by atoms with Crippen LogP contribution in [0.4, 0.5) is 0 Å². The Hall–Kier alpha value is -3.55. The predicted octanol–water partition coefficient (Wildman–Crippen LogP) is 3.66. The second-order valence-corrected chi connectivity index (χ2v) is 7.92. The minimum absolute atomic E-state index is 0.107. The minimum Gasteiger partial charge on any atom is -0.493 e. The molecule has 1 saturated carbocycles. The number of ketones is 1. The van der Waals surface area contributed by atoms with Crippen molar-refractivity contribution in [2.45, 2.75) is 38.0 Å². The SMILES string of the molecule is COc1cc(C(=O)OCC(=O)c2ccc(C3CCCCC3)cc2)cc(OC)c1OCC(N)=O. The van der Waals surface area contributed by atoms with Crippen LogP contribution in [0.3, 0.4) is 0 Å². The lowest BCUT2D eigenvalue weighted by Crippen LogP contribution is -2.20. The number of hydrogen-bond acceptors (Lipinski definition) is 7. The molecule has 1 aliphatic carbocycles. The molecule has 0 bridgehead atoms. The molecule has 0 atom stereocenters. The van der Waals surface area contributed by atoms with Crippen molar-refractivity contribution >= 4 is 17.7 Å². The van der Waals surface area contributed by atoms with Crippen LogP contribution in [0.25, 0.3) is 0 Å². The van der Waals surface area contributed by atoms with Crippen LogP contribution in [-0.2, 0) is 9.53 Å². The van der Waals surface area contributed by atoms with Crippen molar-refractivity contribution < 1.29 is 33.3 Å². The van der Waals surface area contributed by atoms with Gasteiger partial charge >= 0.3 is 5.97 Å². The van der Waals surface area contributed by atoms with E-state index in [0.717, 1.165) is 0 Å². The third-order valence-electron chi connectivity index (χ3n) is 5.70. The molecule has 0 aromatic heterocycles. The fraction of sp³-hybridized carbons (Fsp3) is 0.400. The number of hydrogen-bond donors (Lipinski definition) is 1. The summed E-state index contributed by atoms with van der Waals surface area (Å²) in [7, 11) is 2.75. The Labute approximate surface area is 193 Å². The number of primary amides is 1. The zero-order valence-corrected chi connectivity index (χ0v) is 18.9. The second kappa shape index (κ2) is 11.4. The molecule has 0 saturated heterocycles. The molecule has 8 nitrogen and oxygen atoms in total. The summed E-state index contributed by atoms with van der Waals surface area (Å²) in [5, 5.41) is 0. The highest BCUT2D eigenvalue weighted by atomic mass is 16.5. The van der Waals surface area contributed by atoms with Crippen LogP contribution in [0.1, 0.15) is 64.3 Å². The molecule has 0 spiro atoms. The Morgan fingerprint density at radius 1 is 0.879 bits per heavy atom. The van der Waals surface area contributed by atoms with E-state index in [1.165, 1.54) is 64.0 Å². The predicted molar refractivity (Wildman–Crippen MR) is 121 cm³/mol. The zero-order chi connectivity index (χ0) is 23.8. The van der Waals surface area contributed by atoms with Crippen molar-refractivity contribution in [3.63, 3.8) is 0 Å². The van der Waals surface area contributed by atoms with Crippen LogP contribution in [0.5, 0.6) is 17.2 Å².